The van der Waals surface area contributed by atoms with E-state index in [0.717, 1.165) is 5.52 Å². The highest BCUT2D eigenvalue weighted by molar-refractivity contribution is 5.99. The van der Waals surface area contributed by atoms with E-state index in [9.17, 15) is 24.3 Å². The molecule has 3 amide bonds. The second-order valence-corrected chi connectivity index (χ2v) is 12.2. The molecule has 47 heavy (non-hydrogen) atoms. The molecule has 2 saturated heterocycles. The van der Waals surface area contributed by atoms with Crippen molar-refractivity contribution in [3.63, 3.8) is 0 Å². The van der Waals surface area contributed by atoms with Gasteiger partial charge in [0, 0.05) is 26.1 Å². The number of amides is 3. The lowest BCUT2D eigenvalue weighted by Gasteiger charge is -2.35. The molecule has 3 aromatic rings. The minimum atomic E-state index is -1.47. The molecule has 7 rings (SSSR count). The number of aliphatic hydroxyl groups excluding tert-OH is 1. The molecule has 0 saturated carbocycles. The number of nitrogens with zero attached hydrogens (tertiary/aromatic N) is 5. The van der Waals surface area contributed by atoms with E-state index >= 15 is 0 Å². The average molecular weight is 641 g/mol. The van der Waals surface area contributed by atoms with Crippen LogP contribution in [0.15, 0.2) is 78.9 Å². The number of benzene rings is 2. The number of para-hydroxylation sites is 1. The molecule has 13 heteroatoms. The molecule has 1 aromatic heterocycles. The van der Waals surface area contributed by atoms with Gasteiger partial charge in [0.1, 0.15) is 35.9 Å². The van der Waals surface area contributed by atoms with Crippen LogP contribution in [-0.4, -0.2) is 97.6 Å². The summed E-state index contributed by atoms with van der Waals surface area (Å²) in [4.78, 5) is 58.8. The summed E-state index contributed by atoms with van der Waals surface area (Å²) in [6, 6.07) is 15.4. The number of carbonyl (C=O) groups is 4. The SMILES string of the molecule is O=C1CC/C=C\[C@@H]2O[C@@]34C=CCN(Cn5nnc6ccccc65)C(=O)[C@@H]3N(CCCO)C(=O)[C@H]4[C@@H]2C(=O)O[C@@H](c2ccccc2)CN1. The first-order chi connectivity index (χ1) is 22.9. The fraction of sp³-hybridized carbons (Fsp3) is 0.412. The number of rotatable bonds is 6. The smallest absolute Gasteiger partial charge is 0.313 e. The first-order valence-corrected chi connectivity index (χ1v) is 15.9. The molecule has 4 aliphatic heterocycles. The van der Waals surface area contributed by atoms with Crippen LogP contribution in [0.25, 0.3) is 11.0 Å². The molecule has 244 valence electrons. The van der Waals surface area contributed by atoms with Crippen molar-refractivity contribution in [3.05, 3.63) is 84.5 Å². The lowest BCUT2D eigenvalue weighted by Crippen LogP contribution is -2.55. The Morgan fingerprint density at radius 3 is 2.64 bits per heavy atom. The van der Waals surface area contributed by atoms with Crippen LogP contribution in [0.2, 0.25) is 0 Å². The van der Waals surface area contributed by atoms with Crippen LogP contribution >= 0.6 is 0 Å². The summed E-state index contributed by atoms with van der Waals surface area (Å²) in [6.07, 6.45) is 6.19. The minimum absolute atomic E-state index is 0.0653. The number of carbonyl (C=O) groups excluding carboxylic acids is 4. The molecule has 13 nitrogen and oxygen atoms in total. The molecule has 2 aromatic carbocycles. The third-order valence-electron chi connectivity index (χ3n) is 9.41. The van der Waals surface area contributed by atoms with E-state index < -0.39 is 47.6 Å². The number of fused-ring (bicyclic) bond motifs is 3. The third kappa shape index (κ3) is 5.48. The van der Waals surface area contributed by atoms with Crippen molar-refractivity contribution in [2.75, 3.05) is 26.2 Å². The van der Waals surface area contributed by atoms with E-state index in [4.69, 9.17) is 9.47 Å². The van der Waals surface area contributed by atoms with Crippen molar-refractivity contribution in [2.45, 2.75) is 49.8 Å². The van der Waals surface area contributed by atoms with Gasteiger partial charge in [0.2, 0.25) is 11.8 Å². The van der Waals surface area contributed by atoms with E-state index in [1.807, 2.05) is 54.6 Å². The monoisotopic (exact) mass is 640 g/mol. The van der Waals surface area contributed by atoms with Gasteiger partial charge in [-0.15, -0.1) is 5.10 Å². The summed E-state index contributed by atoms with van der Waals surface area (Å²) in [5, 5.41) is 21.0. The van der Waals surface area contributed by atoms with Gasteiger partial charge in [0.25, 0.3) is 5.91 Å². The highest BCUT2D eigenvalue weighted by Crippen LogP contribution is 2.53. The lowest BCUT2D eigenvalue weighted by molar-refractivity contribution is -0.160. The fourth-order valence-electron chi connectivity index (χ4n) is 7.24. The van der Waals surface area contributed by atoms with Crippen LogP contribution in [-0.2, 0) is 35.3 Å². The Balaban J connectivity index is 1.26. The third-order valence-corrected chi connectivity index (χ3v) is 9.41. The van der Waals surface area contributed by atoms with Gasteiger partial charge >= 0.3 is 5.97 Å². The second kappa shape index (κ2) is 12.7. The minimum Gasteiger partial charge on any atom is -0.455 e. The van der Waals surface area contributed by atoms with E-state index in [-0.39, 0.29) is 57.6 Å². The van der Waals surface area contributed by atoms with Gasteiger partial charge in [0.15, 0.2) is 0 Å². The number of nitrogens with one attached hydrogen (secondary N) is 1. The summed E-state index contributed by atoms with van der Waals surface area (Å²) < 4.78 is 14.5. The van der Waals surface area contributed by atoms with Crippen molar-refractivity contribution in [1.82, 2.24) is 30.1 Å². The largest absolute Gasteiger partial charge is 0.455 e. The molecule has 0 unspecified atom stereocenters. The Hall–Kier alpha value is -4.88. The van der Waals surface area contributed by atoms with Crippen molar-refractivity contribution in [1.29, 1.82) is 0 Å². The standard InChI is InChI=1S/C34H36N6O7/c41-19-9-18-39-30-32(44)38(21-40-24-13-5-4-12-23(24)36-37-40)17-8-16-34(30)29(31(39)43)28-25(47-34)14-6-7-15-27(42)35-20-26(46-33(28)45)22-10-2-1-3-11-22/h1-6,8,10-14,16,25-26,28-30,41H,7,9,15,17-21H2,(H,35,42)/b14-6-/t25-,26+,28+,29+,30-,34+/m0/s1. The zero-order valence-electron chi connectivity index (χ0n) is 25.7. The molecule has 2 N–H and O–H groups in total. The predicted molar refractivity (Wildman–Crippen MR) is 167 cm³/mol. The van der Waals surface area contributed by atoms with Crippen molar-refractivity contribution in [2.24, 2.45) is 11.8 Å². The first kappa shape index (κ1) is 30.8. The fourth-order valence-corrected chi connectivity index (χ4v) is 7.24. The maximum absolute atomic E-state index is 14.6. The number of esters is 1. The van der Waals surface area contributed by atoms with E-state index in [0.29, 0.717) is 17.5 Å². The summed E-state index contributed by atoms with van der Waals surface area (Å²) in [5.74, 6) is -3.74. The number of hydrogen-bond acceptors (Lipinski definition) is 9. The summed E-state index contributed by atoms with van der Waals surface area (Å²) in [6.45, 7) is 0.271. The van der Waals surface area contributed by atoms with E-state index in [2.05, 4.69) is 15.6 Å². The van der Waals surface area contributed by atoms with Crippen molar-refractivity contribution >= 4 is 34.7 Å². The van der Waals surface area contributed by atoms with Crippen LogP contribution in [0.5, 0.6) is 0 Å². The van der Waals surface area contributed by atoms with Crippen LogP contribution in [0.4, 0.5) is 0 Å². The molecule has 1 spiro atoms. The molecule has 0 radical (unpaired) electrons. The van der Waals surface area contributed by atoms with E-state index in [1.54, 1.807) is 33.9 Å². The van der Waals surface area contributed by atoms with Gasteiger partial charge in [-0.1, -0.05) is 72.0 Å². The van der Waals surface area contributed by atoms with Gasteiger partial charge in [-0.3, -0.25) is 19.2 Å². The van der Waals surface area contributed by atoms with Gasteiger partial charge < -0.3 is 29.7 Å². The van der Waals surface area contributed by atoms with Gasteiger partial charge in [-0.25, -0.2) is 4.68 Å². The number of allylic oxidation sites excluding steroid dienone is 1. The maximum atomic E-state index is 14.6. The van der Waals surface area contributed by atoms with E-state index in [1.165, 1.54) is 4.90 Å². The highest BCUT2D eigenvalue weighted by atomic mass is 16.6. The Kier molecular flexibility index (Phi) is 8.33. The molecule has 4 aliphatic rings. The molecule has 0 aliphatic carbocycles. The first-order valence-electron chi connectivity index (χ1n) is 15.9. The summed E-state index contributed by atoms with van der Waals surface area (Å²) in [5.41, 5.74) is 0.661. The number of likely N-dealkylation sites (tertiary alicyclic amines) is 1. The molecule has 6 atom stereocenters. The number of aromatic nitrogens is 3. The Bertz CT molecular complexity index is 1740. The van der Waals surface area contributed by atoms with Crippen molar-refractivity contribution in [3.8, 4) is 0 Å². The number of aliphatic hydroxyl groups is 1. The maximum Gasteiger partial charge on any atom is 0.313 e. The highest BCUT2D eigenvalue weighted by Gasteiger charge is 2.71. The molecular formula is C34H36N6O7. The van der Waals surface area contributed by atoms with Gasteiger partial charge in [-0.2, -0.15) is 0 Å². The zero-order chi connectivity index (χ0) is 32.5. The second-order valence-electron chi connectivity index (χ2n) is 12.2. The molecule has 2 fully saturated rings. The summed E-state index contributed by atoms with van der Waals surface area (Å²) in [7, 11) is 0. The van der Waals surface area contributed by atoms with Gasteiger partial charge in [0.05, 0.1) is 24.1 Å². The Morgan fingerprint density at radius 2 is 1.81 bits per heavy atom. The van der Waals surface area contributed by atoms with Crippen LogP contribution in [0.3, 0.4) is 0 Å². The van der Waals surface area contributed by atoms with Crippen LogP contribution in [0, 0.1) is 11.8 Å². The van der Waals surface area contributed by atoms with Gasteiger partial charge in [-0.05, 0) is 30.5 Å². The molecular weight excluding hydrogens is 604 g/mol. The quantitative estimate of drug-likeness (QED) is 0.301. The van der Waals surface area contributed by atoms with Crippen LogP contribution in [0.1, 0.15) is 30.9 Å². The Labute approximate surface area is 270 Å². The number of cyclic esters (lactones) is 1. The lowest BCUT2D eigenvalue weighted by atomic mass is 9.78. The Morgan fingerprint density at radius 1 is 1.00 bits per heavy atom. The number of hydrogen-bond donors (Lipinski definition) is 2. The zero-order valence-corrected chi connectivity index (χ0v) is 25.7. The predicted octanol–water partition coefficient (Wildman–Crippen LogP) is 1.50. The molecule has 0 bridgehead atoms. The normalized spacial score (nSPS) is 30.1. The topological polar surface area (TPSA) is 156 Å². The van der Waals surface area contributed by atoms with Crippen molar-refractivity contribution < 1.29 is 33.8 Å². The summed E-state index contributed by atoms with van der Waals surface area (Å²) >= 11 is 0. The average Bonchev–Trinajstić information content (AvgIpc) is 3.67. The molecule has 5 heterocycles. The number of ether oxygens (including phenoxy) is 2. The van der Waals surface area contributed by atoms with Crippen LogP contribution < -0.4 is 5.32 Å².